The summed E-state index contributed by atoms with van der Waals surface area (Å²) >= 11 is 0. The highest BCUT2D eigenvalue weighted by atomic mass is 19.4. The van der Waals surface area contributed by atoms with Gasteiger partial charge in [-0.05, 0) is 19.1 Å². The fourth-order valence-electron chi connectivity index (χ4n) is 2.91. The van der Waals surface area contributed by atoms with Crippen LogP contribution >= 0.6 is 0 Å². The maximum absolute atomic E-state index is 12.3. The first kappa shape index (κ1) is 24.8. The van der Waals surface area contributed by atoms with Crippen molar-refractivity contribution < 1.29 is 37.4 Å². The van der Waals surface area contributed by atoms with Gasteiger partial charge in [-0.2, -0.15) is 13.2 Å². The minimum atomic E-state index is -5.08. The number of carbonyl (C=O) groups is 3. The standard InChI is InChI=1S/C17H21N5O3.C2HF3O2/c1-12-16-20-14(17(24)19-9-13-5-3-4-6-18-13)10-21(16)7-8-22(12)15(23)11-25-2;3-2(4,5)1(6)7/h3-6,10,12H,7-9,11H2,1-2H3,(H,19,24);(H,6,7). The number of amides is 2. The molecule has 0 spiro atoms. The number of halogens is 3. The first-order valence-corrected chi connectivity index (χ1v) is 9.38. The molecule has 1 aliphatic rings. The second kappa shape index (κ2) is 10.7. The van der Waals surface area contributed by atoms with Gasteiger partial charge < -0.3 is 24.6 Å². The molecular formula is C19H22F3N5O5. The van der Waals surface area contributed by atoms with Crippen molar-refractivity contribution in [3.05, 3.63) is 47.8 Å². The molecule has 10 nitrogen and oxygen atoms in total. The van der Waals surface area contributed by atoms with Gasteiger partial charge in [-0.15, -0.1) is 0 Å². The molecule has 0 fully saturated rings. The molecule has 0 radical (unpaired) electrons. The van der Waals surface area contributed by atoms with Gasteiger partial charge in [-0.25, -0.2) is 9.78 Å². The highest BCUT2D eigenvalue weighted by Crippen LogP contribution is 2.24. The third kappa shape index (κ3) is 6.51. The summed E-state index contributed by atoms with van der Waals surface area (Å²) in [6, 6.07) is 5.35. The summed E-state index contributed by atoms with van der Waals surface area (Å²) in [5, 5.41) is 9.94. The normalized spacial score (nSPS) is 15.3. The number of rotatable bonds is 5. The number of carboxylic acids is 1. The Balaban J connectivity index is 0.000000451. The van der Waals surface area contributed by atoms with E-state index in [0.29, 0.717) is 31.2 Å². The molecule has 174 valence electrons. The predicted octanol–water partition coefficient (Wildman–Crippen LogP) is 1.39. The molecule has 0 aromatic carbocycles. The van der Waals surface area contributed by atoms with Crippen LogP contribution in [0.1, 0.15) is 35.0 Å². The van der Waals surface area contributed by atoms with Gasteiger partial charge in [0, 0.05) is 32.6 Å². The van der Waals surface area contributed by atoms with E-state index in [4.69, 9.17) is 14.6 Å². The number of carbonyl (C=O) groups excluding carboxylic acids is 2. The van der Waals surface area contributed by atoms with E-state index < -0.39 is 12.1 Å². The van der Waals surface area contributed by atoms with Crippen LogP contribution in [0.4, 0.5) is 13.2 Å². The fourth-order valence-corrected chi connectivity index (χ4v) is 2.91. The van der Waals surface area contributed by atoms with Gasteiger partial charge in [0.05, 0.1) is 18.3 Å². The number of hydrogen-bond acceptors (Lipinski definition) is 6. The molecule has 2 aromatic rings. The lowest BCUT2D eigenvalue weighted by Crippen LogP contribution is -2.42. The van der Waals surface area contributed by atoms with E-state index in [2.05, 4.69) is 15.3 Å². The molecule has 32 heavy (non-hydrogen) atoms. The summed E-state index contributed by atoms with van der Waals surface area (Å²) in [6.45, 7) is 3.47. The summed E-state index contributed by atoms with van der Waals surface area (Å²) in [5.41, 5.74) is 1.13. The first-order chi connectivity index (χ1) is 15.0. The van der Waals surface area contributed by atoms with Crippen LogP contribution in [0.3, 0.4) is 0 Å². The molecule has 0 saturated carbocycles. The van der Waals surface area contributed by atoms with Crippen LogP contribution in [0.15, 0.2) is 30.6 Å². The zero-order valence-electron chi connectivity index (χ0n) is 17.3. The number of nitrogens with one attached hydrogen (secondary N) is 1. The van der Waals surface area contributed by atoms with E-state index in [9.17, 15) is 22.8 Å². The van der Waals surface area contributed by atoms with Crippen LogP contribution in [-0.4, -0.2) is 68.8 Å². The largest absolute Gasteiger partial charge is 0.490 e. The highest BCUT2D eigenvalue weighted by Gasteiger charge is 2.38. The average Bonchev–Trinajstić information content (AvgIpc) is 3.18. The second-order valence-electron chi connectivity index (χ2n) is 6.68. The van der Waals surface area contributed by atoms with E-state index >= 15 is 0 Å². The van der Waals surface area contributed by atoms with Crippen molar-refractivity contribution in [1.82, 2.24) is 24.8 Å². The fraction of sp³-hybridized carbons (Fsp3) is 0.421. The molecule has 1 unspecified atom stereocenters. The van der Waals surface area contributed by atoms with Crippen molar-refractivity contribution in [2.45, 2.75) is 32.2 Å². The van der Waals surface area contributed by atoms with Crippen LogP contribution in [0.2, 0.25) is 0 Å². The van der Waals surface area contributed by atoms with Gasteiger partial charge in [0.25, 0.3) is 5.91 Å². The minimum absolute atomic E-state index is 0.0441. The smallest absolute Gasteiger partial charge is 0.475 e. The number of ether oxygens (including phenoxy) is 1. The van der Waals surface area contributed by atoms with Crippen LogP contribution in [0.5, 0.6) is 0 Å². The molecule has 0 aliphatic carbocycles. The third-order valence-corrected chi connectivity index (χ3v) is 4.45. The summed E-state index contributed by atoms with van der Waals surface area (Å²) < 4.78 is 38.6. The molecule has 2 amide bonds. The maximum Gasteiger partial charge on any atom is 0.490 e. The van der Waals surface area contributed by atoms with E-state index in [1.165, 1.54) is 7.11 Å². The Morgan fingerprint density at radius 3 is 2.53 bits per heavy atom. The van der Waals surface area contributed by atoms with Gasteiger partial charge in [0.15, 0.2) is 0 Å². The Bertz CT molecular complexity index is 949. The lowest BCUT2D eigenvalue weighted by Gasteiger charge is -2.33. The molecule has 2 N–H and O–H groups in total. The minimum Gasteiger partial charge on any atom is -0.475 e. The molecule has 0 bridgehead atoms. The molecule has 1 aliphatic heterocycles. The van der Waals surface area contributed by atoms with Crippen LogP contribution in [-0.2, 0) is 27.4 Å². The first-order valence-electron chi connectivity index (χ1n) is 9.38. The Hall–Kier alpha value is -3.48. The van der Waals surface area contributed by atoms with Gasteiger partial charge in [0.1, 0.15) is 18.1 Å². The molecule has 13 heteroatoms. The number of methoxy groups -OCH3 is 1. The zero-order valence-corrected chi connectivity index (χ0v) is 17.3. The number of hydrogen-bond donors (Lipinski definition) is 2. The Labute approximate surface area is 181 Å². The number of carboxylic acid groups (broad SMARTS) is 1. The Morgan fingerprint density at radius 2 is 1.97 bits per heavy atom. The Morgan fingerprint density at radius 1 is 1.28 bits per heavy atom. The number of aromatic nitrogens is 3. The molecule has 3 rings (SSSR count). The molecule has 0 saturated heterocycles. The van der Waals surface area contributed by atoms with E-state index in [0.717, 1.165) is 5.69 Å². The van der Waals surface area contributed by atoms with Gasteiger partial charge in [-0.3, -0.25) is 14.6 Å². The number of alkyl halides is 3. The molecular weight excluding hydrogens is 435 g/mol. The lowest BCUT2D eigenvalue weighted by atomic mass is 10.2. The predicted molar refractivity (Wildman–Crippen MR) is 103 cm³/mol. The molecule has 3 heterocycles. The number of fused-ring (bicyclic) bond motifs is 1. The van der Waals surface area contributed by atoms with Crippen LogP contribution in [0.25, 0.3) is 0 Å². The zero-order chi connectivity index (χ0) is 23.9. The van der Waals surface area contributed by atoms with Crippen molar-refractivity contribution in [3.8, 4) is 0 Å². The number of aliphatic carboxylic acids is 1. The van der Waals surface area contributed by atoms with E-state index in [1.54, 1.807) is 17.3 Å². The van der Waals surface area contributed by atoms with Crippen molar-refractivity contribution in [1.29, 1.82) is 0 Å². The Kier molecular flexibility index (Phi) is 8.29. The molecule has 2 aromatic heterocycles. The summed E-state index contributed by atoms with van der Waals surface area (Å²) in [7, 11) is 1.50. The van der Waals surface area contributed by atoms with Crippen molar-refractivity contribution in [2.24, 2.45) is 0 Å². The van der Waals surface area contributed by atoms with E-state index in [-0.39, 0.29) is 24.5 Å². The van der Waals surface area contributed by atoms with Gasteiger partial charge in [0.2, 0.25) is 5.91 Å². The van der Waals surface area contributed by atoms with Gasteiger partial charge >= 0.3 is 12.1 Å². The number of pyridine rings is 1. The van der Waals surface area contributed by atoms with Crippen molar-refractivity contribution >= 4 is 17.8 Å². The topological polar surface area (TPSA) is 127 Å². The summed E-state index contributed by atoms with van der Waals surface area (Å²) in [4.78, 5) is 43.7. The van der Waals surface area contributed by atoms with Crippen molar-refractivity contribution in [2.75, 3.05) is 20.3 Å². The maximum atomic E-state index is 12.3. The second-order valence-corrected chi connectivity index (χ2v) is 6.68. The van der Waals surface area contributed by atoms with Crippen molar-refractivity contribution in [3.63, 3.8) is 0 Å². The monoisotopic (exact) mass is 457 g/mol. The van der Waals surface area contributed by atoms with Crippen LogP contribution in [0, 0.1) is 0 Å². The number of nitrogens with zero attached hydrogens (tertiary/aromatic N) is 4. The lowest BCUT2D eigenvalue weighted by molar-refractivity contribution is -0.192. The highest BCUT2D eigenvalue weighted by molar-refractivity contribution is 5.92. The summed E-state index contributed by atoms with van der Waals surface area (Å²) in [6.07, 6.45) is -1.66. The van der Waals surface area contributed by atoms with Crippen LogP contribution < -0.4 is 5.32 Å². The summed E-state index contributed by atoms with van der Waals surface area (Å²) in [5.74, 6) is -2.38. The quantitative estimate of drug-likeness (QED) is 0.695. The van der Waals surface area contributed by atoms with Gasteiger partial charge in [-0.1, -0.05) is 6.07 Å². The third-order valence-electron chi connectivity index (χ3n) is 4.45. The average molecular weight is 457 g/mol. The molecule has 1 atom stereocenters. The number of imidazole rings is 1. The van der Waals surface area contributed by atoms with E-state index in [1.807, 2.05) is 29.7 Å². The SMILES string of the molecule is COCC(=O)N1CCn2cc(C(=O)NCc3ccccn3)nc2C1C.O=C(O)C(F)(F)F.